The minimum absolute atomic E-state index is 1.02. The molecule has 0 spiro atoms. The summed E-state index contributed by atoms with van der Waals surface area (Å²) in [6.45, 7) is 0. The van der Waals surface area contributed by atoms with Crippen molar-refractivity contribution in [1.29, 1.82) is 0 Å². The highest BCUT2D eigenvalue weighted by molar-refractivity contribution is 7.13. The fraction of sp³-hybridized carbons (Fsp3) is 0. The molecule has 0 saturated heterocycles. The molecule has 0 amide bonds. The van der Waals surface area contributed by atoms with E-state index in [4.69, 9.17) is 0 Å². The number of aromatic nitrogens is 2. The highest BCUT2D eigenvalue weighted by atomic mass is 32.1. The van der Waals surface area contributed by atoms with Gasteiger partial charge in [-0.15, -0.1) is 11.3 Å². The van der Waals surface area contributed by atoms with Gasteiger partial charge in [-0.2, -0.15) is 0 Å². The Labute approximate surface area is 68.6 Å². The third-order valence-corrected chi connectivity index (χ3v) is 2.12. The van der Waals surface area contributed by atoms with Crippen LogP contribution in [0.15, 0.2) is 29.9 Å². The third kappa shape index (κ3) is 1.28. The van der Waals surface area contributed by atoms with Crippen LogP contribution in [0.4, 0.5) is 0 Å². The van der Waals surface area contributed by atoms with Gasteiger partial charge in [-0.05, 0) is 12.1 Å². The summed E-state index contributed by atoms with van der Waals surface area (Å²) in [5, 5.41) is 2.97. The van der Waals surface area contributed by atoms with E-state index in [-0.39, 0.29) is 0 Å². The van der Waals surface area contributed by atoms with Crippen LogP contribution < -0.4 is 0 Å². The zero-order valence-electron chi connectivity index (χ0n) is 5.69. The summed E-state index contributed by atoms with van der Waals surface area (Å²) in [6.07, 6.45) is 6.28. The molecule has 11 heavy (non-hydrogen) atoms. The van der Waals surface area contributed by atoms with Gasteiger partial charge in [0.25, 0.3) is 0 Å². The average molecular weight is 161 g/mol. The summed E-state index contributed by atoms with van der Waals surface area (Å²) < 4.78 is 0. The van der Waals surface area contributed by atoms with Crippen molar-refractivity contribution in [1.82, 2.24) is 9.97 Å². The quantitative estimate of drug-likeness (QED) is 0.639. The Morgan fingerprint density at radius 1 is 1.36 bits per heavy atom. The van der Waals surface area contributed by atoms with Crippen molar-refractivity contribution in [2.45, 2.75) is 0 Å². The van der Waals surface area contributed by atoms with E-state index in [1.54, 1.807) is 23.7 Å². The van der Waals surface area contributed by atoms with E-state index in [2.05, 4.69) is 16.2 Å². The van der Waals surface area contributed by atoms with E-state index in [0.717, 1.165) is 10.6 Å². The maximum atomic E-state index is 4.16. The summed E-state index contributed by atoms with van der Waals surface area (Å²) >= 11 is 1.62. The molecule has 0 fully saturated rings. The van der Waals surface area contributed by atoms with Gasteiger partial charge >= 0.3 is 0 Å². The molecule has 0 atom stereocenters. The van der Waals surface area contributed by atoms with E-state index in [9.17, 15) is 0 Å². The highest BCUT2D eigenvalue weighted by Gasteiger charge is 1.96. The van der Waals surface area contributed by atoms with Crippen LogP contribution in [0.3, 0.4) is 0 Å². The average Bonchev–Trinajstić information content (AvgIpc) is 2.58. The summed E-state index contributed by atoms with van der Waals surface area (Å²) in [4.78, 5) is 7.96. The largest absolute Gasteiger partial charge is 0.255 e. The van der Waals surface area contributed by atoms with Crippen LogP contribution in [0.25, 0.3) is 10.6 Å². The fourth-order valence-electron chi connectivity index (χ4n) is 0.815. The van der Waals surface area contributed by atoms with Gasteiger partial charge in [-0.1, -0.05) is 0 Å². The topological polar surface area (TPSA) is 25.8 Å². The lowest BCUT2D eigenvalue weighted by molar-refractivity contribution is 1.30. The molecule has 2 heterocycles. The SMILES string of the molecule is [c]1cc(-c2nccs2)ccn1. The molecule has 0 aromatic carbocycles. The van der Waals surface area contributed by atoms with Crippen LogP contribution in [0.2, 0.25) is 0 Å². The molecule has 0 saturated carbocycles. The van der Waals surface area contributed by atoms with Crippen molar-refractivity contribution in [2.24, 2.45) is 0 Å². The first-order chi connectivity index (χ1) is 5.47. The van der Waals surface area contributed by atoms with Gasteiger partial charge < -0.3 is 0 Å². The third-order valence-electron chi connectivity index (χ3n) is 1.30. The Hall–Kier alpha value is -1.22. The van der Waals surface area contributed by atoms with Gasteiger partial charge in [0, 0.05) is 23.3 Å². The van der Waals surface area contributed by atoms with Gasteiger partial charge in [-0.25, -0.2) is 4.98 Å². The highest BCUT2D eigenvalue weighted by Crippen LogP contribution is 2.19. The monoisotopic (exact) mass is 161 g/mol. The van der Waals surface area contributed by atoms with Crippen molar-refractivity contribution >= 4 is 11.3 Å². The molecule has 2 nitrogen and oxygen atoms in total. The van der Waals surface area contributed by atoms with Gasteiger partial charge in [0.2, 0.25) is 0 Å². The minimum Gasteiger partial charge on any atom is -0.255 e. The molecule has 0 N–H and O–H groups in total. The Morgan fingerprint density at radius 3 is 3.00 bits per heavy atom. The van der Waals surface area contributed by atoms with Crippen molar-refractivity contribution in [2.75, 3.05) is 0 Å². The van der Waals surface area contributed by atoms with Crippen LogP contribution in [-0.4, -0.2) is 9.97 Å². The van der Waals surface area contributed by atoms with Crippen LogP contribution in [0.1, 0.15) is 0 Å². The second-order valence-corrected chi connectivity index (χ2v) is 2.91. The predicted octanol–water partition coefficient (Wildman–Crippen LogP) is 2.01. The lowest BCUT2D eigenvalue weighted by atomic mass is 10.3. The Bertz CT molecular complexity index is 315. The van der Waals surface area contributed by atoms with Gasteiger partial charge in [0.05, 0.1) is 6.20 Å². The maximum absolute atomic E-state index is 4.16. The summed E-state index contributed by atoms with van der Waals surface area (Å²) in [7, 11) is 0. The molecule has 3 heteroatoms. The number of nitrogens with zero attached hydrogens (tertiary/aromatic N) is 2. The van der Waals surface area contributed by atoms with Crippen LogP contribution >= 0.6 is 11.3 Å². The van der Waals surface area contributed by atoms with Gasteiger partial charge in [0.15, 0.2) is 0 Å². The predicted molar refractivity (Wildman–Crippen MR) is 44.2 cm³/mol. The van der Waals surface area contributed by atoms with Gasteiger partial charge in [0.1, 0.15) is 5.01 Å². The van der Waals surface area contributed by atoms with Crippen LogP contribution in [0.5, 0.6) is 0 Å². The summed E-state index contributed by atoms with van der Waals surface area (Å²) in [5.41, 5.74) is 1.08. The second kappa shape index (κ2) is 2.80. The van der Waals surface area contributed by atoms with Crippen molar-refractivity contribution in [3.63, 3.8) is 0 Å². The second-order valence-electron chi connectivity index (χ2n) is 2.01. The van der Waals surface area contributed by atoms with Crippen molar-refractivity contribution in [3.05, 3.63) is 36.1 Å². The summed E-state index contributed by atoms with van der Waals surface area (Å²) in [6, 6.07) is 3.76. The standard InChI is InChI=1S/C8H5N2S/c1-3-9-4-2-7(1)8-10-5-6-11-8/h1-3,5-6H. The molecule has 0 aliphatic carbocycles. The first kappa shape index (κ1) is 6.49. The van der Waals surface area contributed by atoms with Crippen LogP contribution in [-0.2, 0) is 0 Å². The Balaban J connectivity index is 2.46. The van der Waals surface area contributed by atoms with E-state index in [1.165, 1.54) is 0 Å². The van der Waals surface area contributed by atoms with E-state index in [1.807, 2.05) is 17.5 Å². The summed E-state index contributed by atoms with van der Waals surface area (Å²) in [5.74, 6) is 0. The Kier molecular flexibility index (Phi) is 1.65. The zero-order chi connectivity index (χ0) is 7.52. The normalized spacial score (nSPS) is 9.82. The minimum atomic E-state index is 1.02. The molecule has 0 bridgehead atoms. The molecule has 2 aromatic heterocycles. The first-order valence-corrected chi connectivity index (χ1v) is 4.07. The smallest absolute Gasteiger partial charge is 0.123 e. The van der Waals surface area contributed by atoms with Crippen molar-refractivity contribution < 1.29 is 0 Å². The lowest BCUT2D eigenvalue weighted by Crippen LogP contribution is -1.75. The number of thiazole rings is 1. The lowest BCUT2D eigenvalue weighted by Gasteiger charge is -1.90. The molecule has 0 unspecified atom stereocenters. The van der Waals surface area contributed by atoms with E-state index in [0.29, 0.717) is 0 Å². The number of hydrogen-bond donors (Lipinski definition) is 0. The number of rotatable bonds is 1. The molecular formula is C8H5N2S. The molecule has 1 radical (unpaired) electrons. The first-order valence-electron chi connectivity index (χ1n) is 3.19. The van der Waals surface area contributed by atoms with E-state index < -0.39 is 0 Å². The molecule has 0 aliphatic rings. The van der Waals surface area contributed by atoms with Gasteiger partial charge in [-0.3, -0.25) is 4.98 Å². The zero-order valence-corrected chi connectivity index (χ0v) is 6.51. The molecular weight excluding hydrogens is 156 g/mol. The molecule has 53 valence electrons. The Morgan fingerprint density at radius 2 is 2.36 bits per heavy atom. The molecule has 2 rings (SSSR count). The number of pyridine rings is 1. The van der Waals surface area contributed by atoms with Crippen LogP contribution in [0, 0.1) is 6.20 Å². The van der Waals surface area contributed by atoms with Crippen molar-refractivity contribution in [3.8, 4) is 10.6 Å². The fourth-order valence-corrected chi connectivity index (χ4v) is 1.45. The maximum Gasteiger partial charge on any atom is 0.123 e. The molecule has 2 aromatic rings. The molecule has 0 aliphatic heterocycles. The number of hydrogen-bond acceptors (Lipinski definition) is 3. The van der Waals surface area contributed by atoms with E-state index >= 15 is 0 Å².